The molecule has 4 aromatic rings. The van der Waals surface area contributed by atoms with Gasteiger partial charge in [-0.05, 0) is 61.9 Å². The van der Waals surface area contributed by atoms with E-state index in [2.05, 4.69) is 9.97 Å². The number of hydrogen-bond donors (Lipinski definition) is 0. The topological polar surface area (TPSA) is 80.2 Å². The van der Waals surface area contributed by atoms with Crippen LogP contribution < -0.4 is 4.90 Å². The maximum atomic E-state index is 14.2. The third-order valence-corrected chi connectivity index (χ3v) is 8.21. The first-order valence-corrected chi connectivity index (χ1v) is 12.3. The summed E-state index contributed by atoms with van der Waals surface area (Å²) in [5.41, 5.74) is 0.961. The first-order chi connectivity index (χ1) is 15.7. The summed E-state index contributed by atoms with van der Waals surface area (Å²) in [6, 6.07) is 11.0. The minimum absolute atomic E-state index is 0.0256. The van der Waals surface area contributed by atoms with Crippen LogP contribution in [0.3, 0.4) is 0 Å². The van der Waals surface area contributed by atoms with Gasteiger partial charge in [0, 0.05) is 24.0 Å². The monoisotopic (exact) mass is 487 g/mol. The molecule has 0 aliphatic rings. The summed E-state index contributed by atoms with van der Waals surface area (Å²) in [6.45, 7) is 3.28. The van der Waals surface area contributed by atoms with E-state index in [-0.39, 0.29) is 32.4 Å². The molecule has 0 aliphatic heterocycles. The fourth-order valence-corrected chi connectivity index (χ4v) is 5.24. The molecule has 33 heavy (non-hydrogen) atoms. The maximum Gasteiger partial charge on any atom is 0.260 e. The molecule has 0 saturated heterocycles. The molecule has 4 rings (SSSR count). The van der Waals surface area contributed by atoms with Crippen LogP contribution >= 0.6 is 11.3 Å². The fourth-order valence-electron chi connectivity index (χ4n) is 3.17. The number of pyridine rings is 1. The van der Waals surface area contributed by atoms with Crippen LogP contribution in [0.15, 0.2) is 65.8 Å². The molecular formula is C23H19F2N3O3S2. The summed E-state index contributed by atoms with van der Waals surface area (Å²) in [6.07, 6.45) is 3.16. The first-order valence-electron chi connectivity index (χ1n) is 9.97. The lowest BCUT2D eigenvalue weighted by Crippen LogP contribution is -2.30. The Kier molecular flexibility index (Phi) is 6.22. The van der Waals surface area contributed by atoms with Crippen LogP contribution in [0.1, 0.15) is 29.8 Å². The van der Waals surface area contributed by atoms with Crippen LogP contribution in [0, 0.1) is 11.6 Å². The van der Waals surface area contributed by atoms with Crippen LogP contribution in [0.4, 0.5) is 13.9 Å². The molecule has 2 aromatic heterocycles. The maximum absolute atomic E-state index is 14.2. The average molecular weight is 488 g/mol. The minimum atomic E-state index is -3.49. The van der Waals surface area contributed by atoms with E-state index in [1.807, 2.05) is 0 Å². The Morgan fingerprint density at radius 2 is 1.73 bits per heavy atom. The highest BCUT2D eigenvalue weighted by Crippen LogP contribution is 2.33. The number of carbonyl (C=O) groups is 1. The van der Waals surface area contributed by atoms with E-state index < -0.39 is 32.6 Å². The smallest absolute Gasteiger partial charge is 0.260 e. The van der Waals surface area contributed by atoms with E-state index in [0.29, 0.717) is 0 Å². The van der Waals surface area contributed by atoms with Gasteiger partial charge < -0.3 is 0 Å². The van der Waals surface area contributed by atoms with Crippen molar-refractivity contribution < 1.29 is 22.0 Å². The van der Waals surface area contributed by atoms with Crippen molar-refractivity contribution >= 4 is 42.4 Å². The van der Waals surface area contributed by atoms with Gasteiger partial charge in [0.25, 0.3) is 5.91 Å². The Morgan fingerprint density at radius 3 is 2.36 bits per heavy atom. The lowest BCUT2D eigenvalue weighted by molar-refractivity contribution is 0.0985. The summed E-state index contributed by atoms with van der Waals surface area (Å²) in [5.74, 6) is -2.00. The number of nitrogens with zero attached hydrogens (tertiary/aromatic N) is 3. The van der Waals surface area contributed by atoms with Gasteiger partial charge in [-0.2, -0.15) is 0 Å². The van der Waals surface area contributed by atoms with Gasteiger partial charge in [0.1, 0.15) is 11.3 Å². The molecule has 1 amide bonds. The van der Waals surface area contributed by atoms with Crippen molar-refractivity contribution in [3.8, 4) is 0 Å². The molecule has 0 radical (unpaired) electrons. The van der Waals surface area contributed by atoms with Crippen LogP contribution in [0.25, 0.3) is 10.2 Å². The second-order valence-corrected chi connectivity index (χ2v) is 11.1. The van der Waals surface area contributed by atoms with Crippen molar-refractivity contribution in [2.24, 2.45) is 0 Å². The largest absolute Gasteiger partial charge is 0.279 e. The Hall–Kier alpha value is -3.24. The number of halogens is 2. The highest BCUT2D eigenvalue weighted by molar-refractivity contribution is 7.92. The van der Waals surface area contributed by atoms with Gasteiger partial charge in [-0.1, -0.05) is 11.3 Å². The number of aromatic nitrogens is 2. The lowest BCUT2D eigenvalue weighted by Gasteiger charge is -2.20. The van der Waals surface area contributed by atoms with Crippen molar-refractivity contribution in [1.29, 1.82) is 0 Å². The molecule has 2 heterocycles. The molecule has 0 saturated carbocycles. The predicted octanol–water partition coefficient (Wildman–Crippen LogP) is 5.00. The number of amides is 1. The molecule has 170 valence electrons. The van der Waals surface area contributed by atoms with E-state index in [0.717, 1.165) is 23.0 Å². The Bertz CT molecular complexity index is 1420. The quantitative estimate of drug-likeness (QED) is 0.382. The van der Waals surface area contributed by atoms with E-state index in [4.69, 9.17) is 0 Å². The molecule has 0 atom stereocenters. The van der Waals surface area contributed by atoms with Crippen LogP contribution in [-0.2, 0) is 16.4 Å². The summed E-state index contributed by atoms with van der Waals surface area (Å²) in [7, 11) is -3.49. The van der Waals surface area contributed by atoms with Gasteiger partial charge in [-0.3, -0.25) is 14.7 Å². The van der Waals surface area contributed by atoms with Crippen molar-refractivity contribution in [2.75, 3.05) is 4.90 Å². The zero-order valence-corrected chi connectivity index (χ0v) is 19.3. The number of hydrogen-bond acceptors (Lipinski definition) is 6. The summed E-state index contributed by atoms with van der Waals surface area (Å²) in [5, 5.41) is -0.407. The molecule has 0 unspecified atom stereocenters. The molecule has 6 nitrogen and oxygen atoms in total. The van der Waals surface area contributed by atoms with E-state index in [1.54, 1.807) is 38.4 Å². The third kappa shape index (κ3) is 4.62. The van der Waals surface area contributed by atoms with Crippen LogP contribution in [0.2, 0.25) is 0 Å². The van der Waals surface area contributed by atoms with Crippen molar-refractivity contribution in [1.82, 2.24) is 9.97 Å². The normalized spacial score (nSPS) is 11.8. The molecule has 10 heteroatoms. The van der Waals surface area contributed by atoms with Crippen LogP contribution in [-0.4, -0.2) is 29.5 Å². The van der Waals surface area contributed by atoms with Crippen molar-refractivity contribution in [3.63, 3.8) is 0 Å². The van der Waals surface area contributed by atoms with Gasteiger partial charge in [0.2, 0.25) is 0 Å². The highest BCUT2D eigenvalue weighted by atomic mass is 32.2. The molecule has 0 bridgehead atoms. The van der Waals surface area contributed by atoms with Crippen molar-refractivity contribution in [3.05, 3.63) is 83.7 Å². The summed E-state index contributed by atoms with van der Waals surface area (Å²) in [4.78, 5) is 23.1. The molecule has 0 spiro atoms. The van der Waals surface area contributed by atoms with E-state index in [9.17, 15) is 22.0 Å². The third-order valence-electron chi connectivity index (χ3n) is 5.02. The molecular weight excluding hydrogens is 468 g/mol. The molecule has 0 fully saturated rings. The first kappa shape index (κ1) is 22.9. The van der Waals surface area contributed by atoms with Crippen LogP contribution in [0.5, 0.6) is 0 Å². The summed E-state index contributed by atoms with van der Waals surface area (Å²) < 4.78 is 53.0. The number of fused-ring (bicyclic) bond motifs is 1. The average Bonchev–Trinajstić information content (AvgIpc) is 3.22. The molecule has 2 aromatic carbocycles. The second-order valence-electron chi connectivity index (χ2n) is 7.60. The van der Waals surface area contributed by atoms with Gasteiger partial charge in [0.05, 0.1) is 21.4 Å². The number of anilines is 1. The standard InChI is InChI=1S/C23H19F2N3O3S2/c1-14(2)33(30,31)18-5-3-16(4-6-18)22(29)28(13-15-7-9-26-10-8-15)23-27-21-19(25)11-17(24)12-20(21)32-23/h3-12,14H,13H2,1-2H3. The van der Waals surface area contributed by atoms with Gasteiger partial charge in [-0.25, -0.2) is 22.2 Å². The zero-order valence-electron chi connectivity index (χ0n) is 17.7. The predicted molar refractivity (Wildman–Crippen MR) is 123 cm³/mol. The number of carbonyl (C=O) groups excluding carboxylic acids is 1. The molecule has 0 N–H and O–H groups in total. The molecule has 0 aliphatic carbocycles. The lowest BCUT2D eigenvalue weighted by atomic mass is 10.2. The SMILES string of the molecule is CC(C)S(=O)(=O)c1ccc(C(=O)N(Cc2ccncc2)c2nc3c(F)cc(F)cc3s2)cc1. The number of thiazole rings is 1. The summed E-state index contributed by atoms with van der Waals surface area (Å²) >= 11 is 0.990. The van der Waals surface area contributed by atoms with Gasteiger partial charge >= 0.3 is 0 Å². The number of rotatable bonds is 6. The Balaban J connectivity index is 1.75. The Labute approximate surface area is 193 Å². The Morgan fingerprint density at radius 1 is 1.06 bits per heavy atom. The van der Waals surface area contributed by atoms with Gasteiger partial charge in [0.15, 0.2) is 20.8 Å². The van der Waals surface area contributed by atoms with E-state index >= 15 is 0 Å². The number of sulfone groups is 1. The second kappa shape index (κ2) is 8.95. The zero-order chi connectivity index (χ0) is 23.8. The van der Waals surface area contributed by atoms with E-state index in [1.165, 1.54) is 35.2 Å². The minimum Gasteiger partial charge on any atom is -0.279 e. The van der Waals surface area contributed by atoms with Gasteiger partial charge in [-0.15, -0.1) is 0 Å². The number of benzene rings is 2. The van der Waals surface area contributed by atoms with Crippen molar-refractivity contribution in [2.45, 2.75) is 30.5 Å². The highest BCUT2D eigenvalue weighted by Gasteiger charge is 2.24. The fraction of sp³-hybridized carbons (Fsp3) is 0.174.